The number of nitrogens with one attached hydrogen (secondary N) is 2. The van der Waals surface area contributed by atoms with E-state index in [9.17, 15) is 9.59 Å². The van der Waals surface area contributed by atoms with Crippen LogP contribution in [0.1, 0.15) is 88.9 Å². The van der Waals surface area contributed by atoms with E-state index in [-0.39, 0.29) is 24.2 Å². The molecule has 32 heavy (non-hydrogen) atoms. The van der Waals surface area contributed by atoms with Crippen LogP contribution in [-0.2, 0) is 21.5 Å². The summed E-state index contributed by atoms with van der Waals surface area (Å²) in [5.41, 5.74) is 0.669. The van der Waals surface area contributed by atoms with Crippen molar-refractivity contribution in [3.05, 3.63) is 47.6 Å². The quantitative estimate of drug-likeness (QED) is 0.568. The minimum Gasteiger partial charge on any atom is -0.355 e. The predicted molar refractivity (Wildman–Crippen MR) is 123 cm³/mol. The van der Waals surface area contributed by atoms with Gasteiger partial charge in [0.1, 0.15) is 5.54 Å². The van der Waals surface area contributed by atoms with Gasteiger partial charge in [0.2, 0.25) is 17.7 Å². The maximum Gasteiger partial charge on any atom is 0.227 e. The van der Waals surface area contributed by atoms with Gasteiger partial charge in [-0.1, -0.05) is 75.0 Å². The van der Waals surface area contributed by atoms with Crippen LogP contribution in [0.2, 0.25) is 0 Å². The third kappa shape index (κ3) is 6.40. The van der Waals surface area contributed by atoms with Crippen LogP contribution in [0, 0.1) is 5.92 Å². The van der Waals surface area contributed by atoms with Crippen LogP contribution in [0.5, 0.6) is 0 Å². The Hall–Kier alpha value is -2.70. The minimum absolute atomic E-state index is 0.0302. The summed E-state index contributed by atoms with van der Waals surface area (Å²) in [4.78, 5) is 28.9. The van der Waals surface area contributed by atoms with Crippen LogP contribution in [0.3, 0.4) is 0 Å². The Morgan fingerprint density at radius 2 is 1.78 bits per heavy atom. The Labute approximate surface area is 190 Å². The Morgan fingerprint density at radius 3 is 2.41 bits per heavy atom. The average Bonchev–Trinajstić information content (AvgIpc) is 3.13. The van der Waals surface area contributed by atoms with E-state index in [4.69, 9.17) is 4.52 Å². The van der Waals surface area contributed by atoms with E-state index in [1.165, 1.54) is 12.5 Å². The highest BCUT2D eigenvalue weighted by Crippen LogP contribution is 2.34. The molecular formula is C25H36N4O3. The van der Waals surface area contributed by atoms with Gasteiger partial charge in [-0.25, -0.2) is 0 Å². The molecule has 1 atom stereocenters. The van der Waals surface area contributed by atoms with E-state index >= 15 is 0 Å². The summed E-state index contributed by atoms with van der Waals surface area (Å²) in [6.07, 6.45) is 6.61. The van der Waals surface area contributed by atoms with Crippen molar-refractivity contribution >= 4 is 11.8 Å². The maximum atomic E-state index is 12.5. The molecule has 1 fully saturated rings. The van der Waals surface area contributed by atoms with Crippen molar-refractivity contribution in [1.82, 2.24) is 20.8 Å². The standard InChI is InChI=1S/C25H36N4O3/c1-18(2)21(20-11-7-6-8-12-20)17-26-22(31)13-14-23-27-24(29-32-23)25(28-19(3)30)15-9-4-5-10-16-25/h6-8,11-12,18,21H,4-5,9-10,13-17H2,1-3H3,(H,26,31)(H,28,30). The van der Waals surface area contributed by atoms with E-state index in [0.717, 1.165) is 38.5 Å². The highest BCUT2D eigenvalue weighted by molar-refractivity contribution is 5.76. The summed E-state index contributed by atoms with van der Waals surface area (Å²) < 4.78 is 5.46. The molecule has 7 heteroatoms. The van der Waals surface area contributed by atoms with Crippen LogP contribution in [0.25, 0.3) is 0 Å². The normalized spacial score (nSPS) is 16.9. The number of aryl methyl sites for hydroxylation is 1. The minimum atomic E-state index is -0.563. The molecule has 1 aliphatic carbocycles. The highest BCUT2D eigenvalue weighted by Gasteiger charge is 2.38. The molecule has 1 aromatic heterocycles. The third-order valence-corrected chi connectivity index (χ3v) is 6.39. The van der Waals surface area contributed by atoms with Crippen LogP contribution in [0.4, 0.5) is 0 Å². The summed E-state index contributed by atoms with van der Waals surface area (Å²) >= 11 is 0. The second kappa shape index (κ2) is 11.2. The lowest BCUT2D eigenvalue weighted by Gasteiger charge is -2.30. The molecule has 1 heterocycles. The van der Waals surface area contributed by atoms with Crippen molar-refractivity contribution in [2.24, 2.45) is 5.92 Å². The summed E-state index contributed by atoms with van der Waals surface area (Å²) in [6, 6.07) is 10.3. The fraction of sp³-hybridized carbons (Fsp3) is 0.600. The van der Waals surface area contributed by atoms with Crippen LogP contribution in [0.15, 0.2) is 34.9 Å². The number of nitrogens with zero attached hydrogens (tertiary/aromatic N) is 2. The molecule has 1 unspecified atom stereocenters. The maximum absolute atomic E-state index is 12.5. The number of rotatable bonds is 9. The molecule has 2 N–H and O–H groups in total. The predicted octanol–water partition coefficient (Wildman–Crippen LogP) is 4.24. The van der Waals surface area contributed by atoms with E-state index in [2.05, 4.69) is 46.8 Å². The summed E-state index contributed by atoms with van der Waals surface area (Å²) in [7, 11) is 0. The average molecular weight is 441 g/mol. The molecular weight excluding hydrogens is 404 g/mol. The SMILES string of the molecule is CC(=O)NC1(c2noc(CCC(=O)NCC(c3ccccc3)C(C)C)n2)CCCCCC1. The van der Waals surface area contributed by atoms with Gasteiger partial charge in [-0.3, -0.25) is 9.59 Å². The Kier molecular flexibility index (Phi) is 8.42. The van der Waals surface area contributed by atoms with Crippen molar-refractivity contribution in [2.45, 2.75) is 83.6 Å². The van der Waals surface area contributed by atoms with Crippen molar-refractivity contribution in [1.29, 1.82) is 0 Å². The molecule has 1 aliphatic rings. The number of carbonyl (C=O) groups is 2. The first-order valence-corrected chi connectivity index (χ1v) is 11.8. The van der Waals surface area contributed by atoms with Gasteiger partial charge < -0.3 is 15.2 Å². The largest absolute Gasteiger partial charge is 0.355 e. The van der Waals surface area contributed by atoms with Crippen LogP contribution < -0.4 is 10.6 Å². The van der Waals surface area contributed by atoms with Gasteiger partial charge in [0.15, 0.2) is 5.82 Å². The molecule has 0 aliphatic heterocycles. The second-order valence-electron chi connectivity index (χ2n) is 9.25. The Morgan fingerprint density at radius 1 is 1.09 bits per heavy atom. The Balaban J connectivity index is 1.57. The molecule has 0 bridgehead atoms. The number of hydrogen-bond donors (Lipinski definition) is 2. The molecule has 3 rings (SSSR count). The number of benzene rings is 1. The van der Waals surface area contributed by atoms with Crippen LogP contribution >= 0.6 is 0 Å². The van der Waals surface area contributed by atoms with Crippen molar-refractivity contribution in [3.63, 3.8) is 0 Å². The van der Waals surface area contributed by atoms with E-state index in [1.807, 2.05) is 18.2 Å². The fourth-order valence-corrected chi connectivity index (χ4v) is 4.60. The second-order valence-corrected chi connectivity index (χ2v) is 9.25. The number of aromatic nitrogens is 2. The first-order valence-electron chi connectivity index (χ1n) is 11.8. The zero-order chi connectivity index (χ0) is 23.0. The molecule has 0 saturated heterocycles. The summed E-state index contributed by atoms with van der Waals surface area (Å²) in [6.45, 7) is 6.46. The molecule has 0 radical (unpaired) electrons. The molecule has 2 amide bonds. The van der Waals surface area contributed by atoms with Gasteiger partial charge in [-0.15, -0.1) is 0 Å². The summed E-state index contributed by atoms with van der Waals surface area (Å²) in [5.74, 6) is 1.54. The highest BCUT2D eigenvalue weighted by atomic mass is 16.5. The fourth-order valence-electron chi connectivity index (χ4n) is 4.60. The van der Waals surface area contributed by atoms with E-state index in [0.29, 0.717) is 30.6 Å². The lowest BCUT2D eigenvalue weighted by molar-refractivity contribution is -0.122. The lowest BCUT2D eigenvalue weighted by atomic mass is 9.88. The van der Waals surface area contributed by atoms with Gasteiger partial charge in [0.25, 0.3) is 0 Å². The molecule has 1 aromatic carbocycles. The molecule has 2 aromatic rings. The first kappa shape index (κ1) is 24.0. The van der Waals surface area contributed by atoms with Crippen molar-refractivity contribution < 1.29 is 14.1 Å². The molecule has 7 nitrogen and oxygen atoms in total. The first-order chi connectivity index (χ1) is 15.4. The Bertz CT molecular complexity index is 870. The zero-order valence-electron chi connectivity index (χ0n) is 19.5. The zero-order valence-corrected chi connectivity index (χ0v) is 19.5. The van der Waals surface area contributed by atoms with Crippen molar-refractivity contribution in [2.75, 3.05) is 6.54 Å². The smallest absolute Gasteiger partial charge is 0.227 e. The lowest BCUT2D eigenvalue weighted by Crippen LogP contribution is -2.45. The van der Waals surface area contributed by atoms with Gasteiger partial charge in [0, 0.05) is 32.2 Å². The summed E-state index contributed by atoms with van der Waals surface area (Å²) in [5, 5.41) is 10.3. The van der Waals surface area contributed by atoms with Gasteiger partial charge in [-0.05, 0) is 24.3 Å². The monoisotopic (exact) mass is 440 g/mol. The molecule has 0 spiro atoms. The van der Waals surface area contributed by atoms with Gasteiger partial charge in [-0.2, -0.15) is 4.98 Å². The van der Waals surface area contributed by atoms with Crippen LogP contribution in [-0.4, -0.2) is 28.5 Å². The topological polar surface area (TPSA) is 97.1 Å². The van der Waals surface area contributed by atoms with Gasteiger partial charge in [0.05, 0.1) is 0 Å². The number of hydrogen-bond acceptors (Lipinski definition) is 5. The third-order valence-electron chi connectivity index (χ3n) is 6.39. The molecule has 174 valence electrons. The molecule has 1 saturated carbocycles. The van der Waals surface area contributed by atoms with Crippen molar-refractivity contribution in [3.8, 4) is 0 Å². The number of amides is 2. The van der Waals surface area contributed by atoms with E-state index < -0.39 is 5.54 Å². The van der Waals surface area contributed by atoms with E-state index in [1.54, 1.807) is 0 Å². The van der Waals surface area contributed by atoms with Gasteiger partial charge >= 0.3 is 0 Å². The number of carbonyl (C=O) groups excluding carboxylic acids is 2.